The van der Waals surface area contributed by atoms with E-state index in [2.05, 4.69) is 21.2 Å². The molecule has 0 saturated heterocycles. The molecule has 0 radical (unpaired) electrons. The lowest BCUT2D eigenvalue weighted by Gasteiger charge is -2.27. The molecule has 0 aliphatic carbocycles. The second kappa shape index (κ2) is 7.13. The molecule has 2 rings (SSSR count). The summed E-state index contributed by atoms with van der Waals surface area (Å²) in [6.45, 7) is 5.27. The highest BCUT2D eigenvalue weighted by Crippen LogP contribution is 2.24. The first-order chi connectivity index (χ1) is 10.8. The smallest absolute Gasteiger partial charge is 0.264 e. The molecule has 23 heavy (non-hydrogen) atoms. The standard InChI is InChI=1S/C18H19BrFNO2/c1-12(15-6-4-5-7-16(15)19)21-17(22)18(2,3)23-14-10-8-13(20)9-11-14/h4-12H,1-3H3,(H,21,22). The maximum atomic E-state index is 12.9. The minimum Gasteiger partial charge on any atom is -0.478 e. The van der Waals surface area contributed by atoms with E-state index in [0.29, 0.717) is 5.75 Å². The number of hydrogen-bond donors (Lipinski definition) is 1. The molecule has 3 nitrogen and oxygen atoms in total. The number of hydrogen-bond acceptors (Lipinski definition) is 2. The van der Waals surface area contributed by atoms with E-state index in [0.717, 1.165) is 10.0 Å². The highest BCUT2D eigenvalue weighted by atomic mass is 79.9. The monoisotopic (exact) mass is 379 g/mol. The van der Waals surface area contributed by atoms with E-state index >= 15 is 0 Å². The van der Waals surface area contributed by atoms with Crippen molar-refractivity contribution in [2.24, 2.45) is 0 Å². The summed E-state index contributed by atoms with van der Waals surface area (Å²) in [6, 6.07) is 13.1. The van der Waals surface area contributed by atoms with Crippen LogP contribution in [0.25, 0.3) is 0 Å². The summed E-state index contributed by atoms with van der Waals surface area (Å²) < 4.78 is 19.6. The molecule has 0 heterocycles. The molecule has 0 aliphatic rings. The minimum atomic E-state index is -1.08. The van der Waals surface area contributed by atoms with Gasteiger partial charge in [0.2, 0.25) is 0 Å². The van der Waals surface area contributed by atoms with Gasteiger partial charge >= 0.3 is 0 Å². The van der Waals surface area contributed by atoms with E-state index in [1.165, 1.54) is 24.3 Å². The minimum absolute atomic E-state index is 0.172. The molecule has 122 valence electrons. The number of benzene rings is 2. The van der Waals surface area contributed by atoms with Crippen LogP contribution in [0.4, 0.5) is 4.39 Å². The van der Waals surface area contributed by atoms with Crippen molar-refractivity contribution in [3.8, 4) is 5.75 Å². The van der Waals surface area contributed by atoms with Crippen molar-refractivity contribution in [1.82, 2.24) is 5.32 Å². The molecule has 2 aromatic rings. The van der Waals surface area contributed by atoms with E-state index in [1.807, 2.05) is 31.2 Å². The molecule has 0 bridgehead atoms. The molecule has 5 heteroatoms. The maximum absolute atomic E-state index is 12.9. The summed E-state index contributed by atoms with van der Waals surface area (Å²) in [6.07, 6.45) is 0. The molecule has 2 aromatic carbocycles. The topological polar surface area (TPSA) is 38.3 Å². The quantitative estimate of drug-likeness (QED) is 0.822. The Hall–Kier alpha value is -1.88. The highest BCUT2D eigenvalue weighted by Gasteiger charge is 2.31. The Kier molecular flexibility index (Phi) is 5.42. The van der Waals surface area contributed by atoms with E-state index in [9.17, 15) is 9.18 Å². The molecular formula is C18H19BrFNO2. The number of ether oxygens (including phenoxy) is 1. The van der Waals surface area contributed by atoms with Crippen LogP contribution in [0.2, 0.25) is 0 Å². The second-order valence-corrected chi connectivity index (χ2v) is 6.64. The van der Waals surface area contributed by atoms with Crippen molar-refractivity contribution in [1.29, 1.82) is 0 Å². The molecule has 0 spiro atoms. The van der Waals surface area contributed by atoms with Crippen LogP contribution in [0.15, 0.2) is 53.0 Å². The predicted molar refractivity (Wildman–Crippen MR) is 91.8 cm³/mol. The number of carbonyl (C=O) groups is 1. The third-order valence-corrected chi connectivity index (χ3v) is 4.17. The molecule has 0 saturated carbocycles. The van der Waals surface area contributed by atoms with Gasteiger partial charge in [-0.05, 0) is 56.7 Å². The lowest BCUT2D eigenvalue weighted by atomic mass is 10.1. The van der Waals surface area contributed by atoms with Gasteiger partial charge in [-0.2, -0.15) is 0 Å². The predicted octanol–water partition coefficient (Wildman–Crippen LogP) is 4.62. The molecule has 1 unspecified atom stereocenters. The van der Waals surface area contributed by atoms with Gasteiger partial charge in [0, 0.05) is 4.47 Å². The maximum Gasteiger partial charge on any atom is 0.264 e. The zero-order chi connectivity index (χ0) is 17.0. The van der Waals surface area contributed by atoms with Gasteiger partial charge in [-0.1, -0.05) is 34.1 Å². The largest absolute Gasteiger partial charge is 0.478 e. The highest BCUT2D eigenvalue weighted by molar-refractivity contribution is 9.10. The Morgan fingerprint density at radius 1 is 1.17 bits per heavy atom. The first-order valence-corrected chi connectivity index (χ1v) is 8.09. The van der Waals surface area contributed by atoms with Gasteiger partial charge in [0.25, 0.3) is 5.91 Å². The Bertz CT molecular complexity index is 686. The molecule has 0 fully saturated rings. The fourth-order valence-corrected chi connectivity index (χ4v) is 2.75. The third kappa shape index (κ3) is 4.55. The van der Waals surface area contributed by atoms with Crippen molar-refractivity contribution in [2.45, 2.75) is 32.4 Å². The van der Waals surface area contributed by atoms with Crippen molar-refractivity contribution in [2.75, 3.05) is 0 Å². The lowest BCUT2D eigenvalue weighted by molar-refractivity contribution is -0.134. The normalized spacial score (nSPS) is 12.6. The van der Waals surface area contributed by atoms with Crippen molar-refractivity contribution in [3.63, 3.8) is 0 Å². The summed E-state index contributed by atoms with van der Waals surface area (Å²) in [7, 11) is 0. The van der Waals surface area contributed by atoms with Gasteiger partial charge in [0.05, 0.1) is 6.04 Å². The Balaban J connectivity index is 2.06. The van der Waals surface area contributed by atoms with Crippen LogP contribution in [-0.2, 0) is 4.79 Å². The molecular weight excluding hydrogens is 361 g/mol. The van der Waals surface area contributed by atoms with Crippen LogP contribution in [0.3, 0.4) is 0 Å². The first-order valence-electron chi connectivity index (χ1n) is 7.29. The van der Waals surface area contributed by atoms with E-state index in [1.54, 1.807) is 13.8 Å². The molecule has 1 atom stereocenters. The fraction of sp³-hybridized carbons (Fsp3) is 0.278. The molecule has 0 aromatic heterocycles. The van der Waals surface area contributed by atoms with Crippen molar-refractivity contribution in [3.05, 3.63) is 64.4 Å². The summed E-state index contributed by atoms with van der Waals surface area (Å²) in [5, 5.41) is 2.94. The third-order valence-electron chi connectivity index (χ3n) is 3.45. The number of nitrogens with one attached hydrogen (secondary N) is 1. The van der Waals surface area contributed by atoms with Gasteiger partial charge < -0.3 is 10.1 Å². The Morgan fingerprint density at radius 2 is 1.78 bits per heavy atom. The van der Waals surface area contributed by atoms with Gasteiger partial charge in [-0.25, -0.2) is 4.39 Å². The van der Waals surface area contributed by atoms with Crippen LogP contribution < -0.4 is 10.1 Å². The zero-order valence-corrected chi connectivity index (χ0v) is 14.9. The first kappa shape index (κ1) is 17.5. The van der Waals surface area contributed by atoms with Crippen LogP contribution in [0, 0.1) is 5.82 Å². The average molecular weight is 380 g/mol. The van der Waals surface area contributed by atoms with Crippen molar-refractivity contribution < 1.29 is 13.9 Å². The van der Waals surface area contributed by atoms with Gasteiger partial charge in [-0.3, -0.25) is 4.79 Å². The van der Waals surface area contributed by atoms with E-state index < -0.39 is 5.60 Å². The molecule has 1 N–H and O–H groups in total. The Labute approximate surface area is 144 Å². The van der Waals surface area contributed by atoms with Crippen LogP contribution in [0.5, 0.6) is 5.75 Å². The number of halogens is 2. The molecule has 0 aliphatic heterocycles. The SMILES string of the molecule is CC(NC(=O)C(C)(C)Oc1ccc(F)cc1)c1ccccc1Br. The summed E-state index contributed by atoms with van der Waals surface area (Å²) in [5.41, 5.74) is -0.0914. The lowest BCUT2D eigenvalue weighted by Crippen LogP contribution is -2.47. The van der Waals surface area contributed by atoms with Crippen LogP contribution >= 0.6 is 15.9 Å². The zero-order valence-electron chi connectivity index (χ0n) is 13.3. The average Bonchev–Trinajstić information content (AvgIpc) is 2.49. The number of carbonyl (C=O) groups excluding carboxylic acids is 1. The van der Waals surface area contributed by atoms with Gasteiger partial charge in [0.1, 0.15) is 11.6 Å². The molecule has 1 amide bonds. The second-order valence-electron chi connectivity index (χ2n) is 5.78. The Morgan fingerprint density at radius 3 is 2.39 bits per heavy atom. The summed E-state index contributed by atoms with van der Waals surface area (Å²) in [4.78, 5) is 12.5. The van der Waals surface area contributed by atoms with Gasteiger partial charge in [-0.15, -0.1) is 0 Å². The number of amides is 1. The summed E-state index contributed by atoms with van der Waals surface area (Å²) in [5.74, 6) is -0.146. The van der Waals surface area contributed by atoms with Crippen LogP contribution in [-0.4, -0.2) is 11.5 Å². The van der Waals surface area contributed by atoms with Gasteiger partial charge in [0.15, 0.2) is 5.60 Å². The van der Waals surface area contributed by atoms with Crippen LogP contribution in [0.1, 0.15) is 32.4 Å². The summed E-state index contributed by atoms with van der Waals surface area (Å²) >= 11 is 3.48. The van der Waals surface area contributed by atoms with E-state index in [4.69, 9.17) is 4.74 Å². The van der Waals surface area contributed by atoms with E-state index in [-0.39, 0.29) is 17.8 Å². The number of rotatable bonds is 5. The van der Waals surface area contributed by atoms with Crippen molar-refractivity contribution >= 4 is 21.8 Å². The fourth-order valence-electron chi connectivity index (χ4n) is 2.12.